The van der Waals surface area contributed by atoms with Crippen molar-refractivity contribution in [1.82, 2.24) is 5.32 Å². The van der Waals surface area contributed by atoms with Crippen LogP contribution in [0, 0.1) is 5.92 Å². The zero-order chi connectivity index (χ0) is 32.1. The van der Waals surface area contributed by atoms with E-state index in [4.69, 9.17) is 36.3 Å². The number of hydrogen-bond acceptors (Lipinski definition) is 10. The SMILES string of the molecule is CCOC(=O)C1=C(COCCNC(=O)CC[C@H](N)C(=O)OCc2ccccc2)N=C(C)C(C(=O)OC)C1c1ccccc1Cl. The van der Waals surface area contributed by atoms with Crippen LogP contribution >= 0.6 is 11.6 Å². The first-order valence-electron chi connectivity index (χ1n) is 14.3. The number of rotatable bonds is 15. The van der Waals surface area contributed by atoms with E-state index in [1.807, 2.05) is 30.3 Å². The predicted octanol–water partition coefficient (Wildman–Crippen LogP) is 3.49. The number of ether oxygens (including phenoxy) is 4. The van der Waals surface area contributed by atoms with Crippen LogP contribution in [-0.4, -0.2) is 69.0 Å². The standard InChI is InChI=1S/C32H38ClN3O8/c1-4-43-32(40)29-25(36-20(2)27(31(39)41-3)28(29)22-12-8-9-13-23(22)33)19-42-17-16-35-26(37)15-14-24(34)30(38)44-18-21-10-6-5-7-11-21/h5-13,24,27-28H,4,14-19,34H2,1-3H3,(H,35,37)/t24-,27?,28?/m0/s1. The lowest BCUT2D eigenvalue weighted by molar-refractivity contribution is -0.147. The minimum Gasteiger partial charge on any atom is -0.468 e. The summed E-state index contributed by atoms with van der Waals surface area (Å²) >= 11 is 6.52. The smallest absolute Gasteiger partial charge is 0.336 e. The molecule has 0 aliphatic carbocycles. The molecule has 2 aromatic carbocycles. The number of hydrogen-bond donors (Lipinski definition) is 2. The highest BCUT2D eigenvalue weighted by atomic mass is 35.5. The van der Waals surface area contributed by atoms with E-state index in [-0.39, 0.29) is 63.0 Å². The zero-order valence-electron chi connectivity index (χ0n) is 25.0. The molecule has 2 aromatic rings. The van der Waals surface area contributed by atoms with Gasteiger partial charge in [-0.05, 0) is 37.5 Å². The molecule has 3 N–H and O–H groups in total. The number of halogens is 1. The first kappa shape index (κ1) is 34.4. The van der Waals surface area contributed by atoms with Crippen LogP contribution in [0.4, 0.5) is 0 Å². The molecule has 0 bridgehead atoms. The van der Waals surface area contributed by atoms with Gasteiger partial charge in [0.05, 0.1) is 38.2 Å². The fourth-order valence-electron chi connectivity index (χ4n) is 4.75. The molecular weight excluding hydrogens is 590 g/mol. The largest absolute Gasteiger partial charge is 0.468 e. The summed E-state index contributed by atoms with van der Waals surface area (Å²) in [5.74, 6) is -3.81. The van der Waals surface area contributed by atoms with Crippen LogP contribution in [0.25, 0.3) is 0 Å². The second kappa shape index (κ2) is 17.3. The zero-order valence-corrected chi connectivity index (χ0v) is 25.8. The van der Waals surface area contributed by atoms with Crippen LogP contribution in [-0.2, 0) is 44.7 Å². The predicted molar refractivity (Wildman–Crippen MR) is 164 cm³/mol. The molecule has 1 amide bonds. The Hall–Kier alpha value is -4.06. The molecule has 44 heavy (non-hydrogen) atoms. The van der Waals surface area contributed by atoms with Crippen molar-refractivity contribution in [3.63, 3.8) is 0 Å². The number of amides is 1. The van der Waals surface area contributed by atoms with Gasteiger partial charge in [-0.15, -0.1) is 0 Å². The Balaban J connectivity index is 1.58. The fourth-order valence-corrected chi connectivity index (χ4v) is 5.00. The van der Waals surface area contributed by atoms with Crippen LogP contribution in [0.5, 0.6) is 0 Å². The maximum Gasteiger partial charge on any atom is 0.336 e. The van der Waals surface area contributed by atoms with Crippen molar-refractivity contribution >= 4 is 41.1 Å². The summed E-state index contributed by atoms with van der Waals surface area (Å²) < 4.78 is 21.4. The van der Waals surface area contributed by atoms with E-state index in [9.17, 15) is 19.2 Å². The third kappa shape index (κ3) is 9.47. The van der Waals surface area contributed by atoms with Crippen LogP contribution in [0.15, 0.2) is 70.9 Å². The molecule has 1 aliphatic rings. The van der Waals surface area contributed by atoms with Gasteiger partial charge >= 0.3 is 17.9 Å². The molecule has 0 saturated heterocycles. The summed E-state index contributed by atoms with van der Waals surface area (Å²) in [6, 6.07) is 15.2. The Labute approximate surface area is 261 Å². The van der Waals surface area contributed by atoms with Crippen molar-refractivity contribution in [1.29, 1.82) is 0 Å². The fraction of sp³-hybridized carbons (Fsp3) is 0.406. The van der Waals surface area contributed by atoms with E-state index < -0.39 is 35.8 Å². The molecule has 2 unspecified atom stereocenters. The molecule has 11 nitrogen and oxygen atoms in total. The molecule has 12 heteroatoms. The van der Waals surface area contributed by atoms with Crippen molar-refractivity contribution in [2.75, 3.05) is 33.5 Å². The number of carbonyl (C=O) groups is 4. The highest BCUT2D eigenvalue weighted by Crippen LogP contribution is 2.42. The Morgan fingerprint density at radius 2 is 1.73 bits per heavy atom. The first-order valence-corrected chi connectivity index (χ1v) is 14.6. The lowest BCUT2D eigenvalue weighted by Crippen LogP contribution is -2.37. The topological polar surface area (TPSA) is 156 Å². The Bertz CT molecular complexity index is 1380. The van der Waals surface area contributed by atoms with Gasteiger partial charge in [-0.3, -0.25) is 19.4 Å². The van der Waals surface area contributed by atoms with Gasteiger partial charge in [0, 0.05) is 29.6 Å². The molecule has 0 spiro atoms. The summed E-state index contributed by atoms with van der Waals surface area (Å²) in [4.78, 5) is 55.1. The van der Waals surface area contributed by atoms with Crippen molar-refractivity contribution in [3.05, 3.63) is 82.0 Å². The van der Waals surface area contributed by atoms with E-state index in [2.05, 4.69) is 10.3 Å². The number of carbonyl (C=O) groups excluding carboxylic acids is 4. The number of nitrogens with one attached hydrogen (secondary N) is 1. The van der Waals surface area contributed by atoms with Crippen molar-refractivity contribution in [2.24, 2.45) is 16.6 Å². The van der Waals surface area contributed by atoms with Crippen LogP contribution < -0.4 is 11.1 Å². The third-order valence-corrected chi connectivity index (χ3v) is 7.27. The molecular formula is C32H38ClN3O8. The second-order valence-electron chi connectivity index (χ2n) is 9.98. The minimum absolute atomic E-state index is 0.0255. The van der Waals surface area contributed by atoms with Crippen LogP contribution in [0.1, 0.15) is 43.7 Å². The maximum atomic E-state index is 13.2. The monoisotopic (exact) mass is 627 g/mol. The van der Waals surface area contributed by atoms with Crippen molar-refractivity contribution in [3.8, 4) is 0 Å². The molecule has 0 fully saturated rings. The summed E-state index contributed by atoms with van der Waals surface area (Å²) in [6.45, 7) is 3.74. The van der Waals surface area contributed by atoms with Gasteiger partial charge in [0.2, 0.25) is 5.91 Å². The lowest BCUT2D eigenvalue weighted by Gasteiger charge is -2.32. The summed E-state index contributed by atoms with van der Waals surface area (Å²) in [6.07, 6.45) is 0.145. The van der Waals surface area contributed by atoms with Gasteiger partial charge < -0.3 is 30.0 Å². The van der Waals surface area contributed by atoms with E-state index in [0.29, 0.717) is 16.3 Å². The lowest BCUT2D eigenvalue weighted by atomic mass is 9.75. The van der Waals surface area contributed by atoms with Gasteiger partial charge in [0.15, 0.2) is 0 Å². The van der Waals surface area contributed by atoms with Crippen molar-refractivity contribution in [2.45, 2.75) is 45.3 Å². The molecule has 0 radical (unpaired) electrons. The summed E-state index contributed by atoms with van der Waals surface area (Å²) in [5, 5.41) is 3.08. The maximum absolute atomic E-state index is 13.2. The van der Waals surface area contributed by atoms with Crippen LogP contribution in [0.2, 0.25) is 5.02 Å². The van der Waals surface area contributed by atoms with Gasteiger partial charge in [0.25, 0.3) is 0 Å². The minimum atomic E-state index is -0.929. The van der Waals surface area contributed by atoms with Gasteiger partial charge in [0.1, 0.15) is 18.6 Å². The van der Waals surface area contributed by atoms with Gasteiger partial charge in [-0.2, -0.15) is 0 Å². The summed E-state index contributed by atoms with van der Waals surface area (Å²) in [7, 11) is 1.27. The molecule has 0 aromatic heterocycles. The molecule has 1 aliphatic heterocycles. The Morgan fingerprint density at radius 3 is 2.41 bits per heavy atom. The average molecular weight is 628 g/mol. The first-order chi connectivity index (χ1) is 21.2. The van der Waals surface area contributed by atoms with Crippen LogP contribution in [0.3, 0.4) is 0 Å². The number of benzene rings is 2. The molecule has 1 heterocycles. The number of esters is 3. The highest BCUT2D eigenvalue weighted by Gasteiger charge is 2.43. The third-order valence-electron chi connectivity index (χ3n) is 6.92. The van der Waals surface area contributed by atoms with Gasteiger partial charge in [-0.1, -0.05) is 60.1 Å². The molecule has 3 rings (SSSR count). The normalized spacial score (nSPS) is 16.9. The Morgan fingerprint density at radius 1 is 1.02 bits per heavy atom. The quantitative estimate of drug-likeness (QED) is 0.171. The summed E-state index contributed by atoms with van der Waals surface area (Å²) in [5.41, 5.74) is 8.15. The number of methoxy groups -OCH3 is 1. The van der Waals surface area contributed by atoms with Crippen molar-refractivity contribution < 1.29 is 38.1 Å². The molecule has 3 atom stereocenters. The van der Waals surface area contributed by atoms with E-state index in [1.54, 1.807) is 38.1 Å². The Kier molecular flexibility index (Phi) is 13.5. The number of nitrogens with zero attached hydrogens (tertiary/aromatic N) is 1. The van der Waals surface area contributed by atoms with E-state index >= 15 is 0 Å². The molecule has 236 valence electrons. The molecule has 0 saturated carbocycles. The highest BCUT2D eigenvalue weighted by molar-refractivity contribution is 6.31. The average Bonchev–Trinajstić information content (AvgIpc) is 3.02. The van der Waals surface area contributed by atoms with Gasteiger partial charge in [-0.25, -0.2) is 4.79 Å². The van der Waals surface area contributed by atoms with E-state index in [0.717, 1.165) is 5.56 Å². The number of aliphatic imine (C=N–C) groups is 1. The number of nitrogens with two attached hydrogens (primary N) is 1. The second-order valence-corrected chi connectivity index (χ2v) is 10.4. The van der Waals surface area contributed by atoms with E-state index in [1.165, 1.54) is 7.11 Å².